The zero-order chi connectivity index (χ0) is 48.3. The maximum atomic E-state index is 12.4. The number of likely N-dealkylation sites (tertiary alicyclic amines) is 1. The second kappa shape index (κ2) is 35.0. The second-order valence-corrected chi connectivity index (χ2v) is 14.1. The Bertz CT molecular complexity index is 1760. The van der Waals surface area contributed by atoms with E-state index < -0.39 is 36.1 Å². The van der Waals surface area contributed by atoms with Gasteiger partial charge in [0.1, 0.15) is 19.0 Å². The fourth-order valence-electron chi connectivity index (χ4n) is 5.47. The number of primary amides is 2. The Labute approximate surface area is 375 Å². The molecule has 0 unspecified atom stereocenters. The molecule has 0 saturated carbocycles. The number of hydrogen-bond donors (Lipinski definition) is 6. The van der Waals surface area contributed by atoms with E-state index in [2.05, 4.69) is 16.0 Å². The van der Waals surface area contributed by atoms with Gasteiger partial charge in [-0.15, -0.1) is 0 Å². The third-order valence-electron chi connectivity index (χ3n) is 8.71. The number of carbonyl (C=O) groups excluding carboxylic acids is 10. The van der Waals surface area contributed by atoms with Gasteiger partial charge in [0.2, 0.25) is 29.5 Å². The summed E-state index contributed by atoms with van der Waals surface area (Å²) in [5.74, 6) is -2.17. The van der Waals surface area contributed by atoms with E-state index in [1.54, 1.807) is 0 Å². The highest BCUT2D eigenvalue weighted by molar-refractivity contribution is 6.04. The molecule has 7 amide bonds. The van der Waals surface area contributed by atoms with Crippen LogP contribution in [0.1, 0.15) is 116 Å². The zero-order valence-electron chi connectivity index (χ0n) is 37.5. The molecule has 1 aliphatic rings. The van der Waals surface area contributed by atoms with E-state index in [9.17, 15) is 47.9 Å². The second-order valence-electron chi connectivity index (χ2n) is 14.1. The molecule has 0 bridgehead atoms. The lowest BCUT2D eigenvalue weighted by Gasteiger charge is -2.17. The molecule has 9 N–H and O–H groups in total. The largest absolute Gasteiger partial charge is 0.445 e. The monoisotopic (exact) mass is 897 g/mol. The van der Waals surface area contributed by atoms with Crippen molar-refractivity contribution in [1.82, 2.24) is 20.9 Å². The number of carbonyl (C=O) groups is 10. The predicted molar refractivity (Wildman–Crippen MR) is 237 cm³/mol. The number of nitrogens with one attached hydrogen (secondary N) is 3. The van der Waals surface area contributed by atoms with Crippen molar-refractivity contribution >= 4 is 59.1 Å². The lowest BCUT2D eigenvalue weighted by atomic mass is 10.0. The first-order chi connectivity index (χ1) is 30.6. The molecule has 1 fully saturated rings. The Hall–Kier alpha value is -6.50. The van der Waals surface area contributed by atoms with E-state index in [-0.39, 0.29) is 106 Å². The first-order valence-corrected chi connectivity index (χ1v) is 21.4. The molecule has 1 aliphatic heterocycles. The predicted octanol–water partition coefficient (Wildman–Crippen LogP) is 3.42. The normalized spacial score (nSPS) is 12.2. The van der Waals surface area contributed by atoms with Gasteiger partial charge < -0.3 is 42.6 Å². The molecule has 2 aromatic rings. The highest BCUT2D eigenvalue weighted by Crippen LogP contribution is 2.11. The van der Waals surface area contributed by atoms with Crippen LogP contribution in [-0.2, 0) is 61.0 Å². The van der Waals surface area contributed by atoms with Crippen molar-refractivity contribution in [2.75, 3.05) is 19.6 Å². The maximum absolute atomic E-state index is 12.4. The quantitative estimate of drug-likeness (QED) is 0.0616. The fraction of sp³-hybridized carbons (Fsp3) is 0.511. The van der Waals surface area contributed by atoms with E-state index in [0.29, 0.717) is 32.4 Å². The van der Waals surface area contributed by atoms with Gasteiger partial charge in [0.25, 0.3) is 0 Å². The zero-order valence-corrected chi connectivity index (χ0v) is 37.5. The standard InChI is InChI=1S/C20H29N3O5.C16H23N3O4.C7H9NO3.C2H6/c1-2-7-19(26)22-13-6-10-17(24)16(11-12-18(21)25)23-20(27)28-14-15-8-4-3-5-9-15;17-10-4-7-14(20)13(8-9-15(18)21)19-16(22)23-11-12-5-2-1-3-6-12;1-5(9)4-8-6(10)2-3-7(8)11;1-2/h3-5,8-9,16H,2,6-7,10-14H2,1H3,(H2,21,25)(H,22,26)(H,23,27);1-3,5-6,13H,4,7-11,17H2,(H2,18,21)(H,19,22);2-4H2,1H3;1-2H3/t16-;13-;;/m00../s1. The van der Waals surface area contributed by atoms with Crippen LogP contribution in [0.15, 0.2) is 60.7 Å². The summed E-state index contributed by atoms with van der Waals surface area (Å²) in [4.78, 5) is 115. The molecule has 0 aliphatic carbocycles. The van der Waals surface area contributed by atoms with Crippen LogP contribution in [0.4, 0.5) is 9.59 Å². The average Bonchev–Trinajstić information content (AvgIpc) is 3.59. The first kappa shape index (κ1) is 57.5. The molecular weight excluding hydrogens is 831 g/mol. The highest BCUT2D eigenvalue weighted by atomic mass is 16.6. The summed E-state index contributed by atoms with van der Waals surface area (Å²) in [6, 6.07) is 16.7. The lowest BCUT2D eigenvalue weighted by molar-refractivity contribution is -0.141. The van der Waals surface area contributed by atoms with Crippen LogP contribution < -0.4 is 33.2 Å². The molecule has 2 aromatic carbocycles. The van der Waals surface area contributed by atoms with E-state index in [1.165, 1.54) is 6.92 Å². The summed E-state index contributed by atoms with van der Waals surface area (Å²) in [6.07, 6.45) is 1.89. The summed E-state index contributed by atoms with van der Waals surface area (Å²) in [7, 11) is 0. The van der Waals surface area contributed by atoms with Crippen molar-refractivity contribution in [2.24, 2.45) is 17.2 Å². The topological polar surface area (TPSA) is 307 Å². The van der Waals surface area contributed by atoms with Crippen molar-refractivity contribution < 1.29 is 57.4 Å². The van der Waals surface area contributed by atoms with Crippen molar-refractivity contribution in [3.05, 3.63) is 71.8 Å². The highest BCUT2D eigenvalue weighted by Gasteiger charge is 2.29. The number of hydrogen-bond acceptors (Lipinski definition) is 13. The number of rotatable bonds is 25. The van der Waals surface area contributed by atoms with Gasteiger partial charge in [-0.1, -0.05) is 81.4 Å². The van der Waals surface area contributed by atoms with Gasteiger partial charge in [-0.25, -0.2) is 9.59 Å². The number of ketones is 3. The summed E-state index contributed by atoms with van der Waals surface area (Å²) in [5.41, 5.74) is 17.3. The van der Waals surface area contributed by atoms with Gasteiger partial charge in [0.05, 0.1) is 18.6 Å². The molecule has 2 atom stereocenters. The van der Waals surface area contributed by atoms with Crippen LogP contribution in [-0.4, -0.2) is 95.7 Å². The summed E-state index contributed by atoms with van der Waals surface area (Å²) < 4.78 is 10.2. The van der Waals surface area contributed by atoms with Crippen molar-refractivity contribution in [2.45, 2.75) is 130 Å². The van der Waals surface area contributed by atoms with Gasteiger partial charge in [-0.05, 0) is 56.7 Å². The van der Waals surface area contributed by atoms with Crippen molar-refractivity contribution in [3.63, 3.8) is 0 Å². The number of nitrogens with zero attached hydrogens (tertiary/aromatic N) is 1. The Morgan fingerprint density at radius 3 is 1.45 bits per heavy atom. The summed E-state index contributed by atoms with van der Waals surface area (Å²) >= 11 is 0. The molecule has 0 spiro atoms. The Balaban J connectivity index is 0.000000984. The van der Waals surface area contributed by atoms with E-state index in [0.717, 1.165) is 22.4 Å². The summed E-state index contributed by atoms with van der Waals surface area (Å²) in [5, 5.41) is 7.73. The van der Waals surface area contributed by atoms with Gasteiger partial charge >= 0.3 is 12.2 Å². The van der Waals surface area contributed by atoms with Gasteiger partial charge in [0, 0.05) is 51.5 Å². The molecule has 0 aromatic heterocycles. The maximum Gasteiger partial charge on any atom is 0.408 e. The number of nitrogens with two attached hydrogens (primary N) is 3. The van der Waals surface area contributed by atoms with Gasteiger partial charge in [-0.3, -0.25) is 43.3 Å². The van der Waals surface area contributed by atoms with Gasteiger partial charge in [-0.2, -0.15) is 0 Å². The number of amides is 7. The number of imide groups is 1. The molecule has 3 rings (SSSR count). The van der Waals surface area contributed by atoms with Crippen LogP contribution in [0.2, 0.25) is 0 Å². The van der Waals surface area contributed by atoms with E-state index in [1.807, 2.05) is 81.4 Å². The minimum absolute atomic E-state index is 0.0119. The Morgan fingerprint density at radius 2 is 1.08 bits per heavy atom. The Morgan fingerprint density at radius 1 is 0.656 bits per heavy atom. The molecule has 64 heavy (non-hydrogen) atoms. The number of ether oxygens (including phenoxy) is 2. The third kappa shape index (κ3) is 28.2. The number of alkyl carbamates (subject to hydrolysis) is 2. The smallest absolute Gasteiger partial charge is 0.408 e. The fourth-order valence-corrected chi connectivity index (χ4v) is 5.47. The van der Waals surface area contributed by atoms with E-state index >= 15 is 0 Å². The van der Waals surface area contributed by atoms with Crippen molar-refractivity contribution in [3.8, 4) is 0 Å². The molecule has 19 heteroatoms. The molecule has 354 valence electrons. The van der Waals surface area contributed by atoms with Crippen LogP contribution >= 0.6 is 0 Å². The Kier molecular flexibility index (Phi) is 31.5. The van der Waals surface area contributed by atoms with Crippen molar-refractivity contribution in [1.29, 1.82) is 0 Å². The third-order valence-corrected chi connectivity index (χ3v) is 8.71. The van der Waals surface area contributed by atoms with Crippen LogP contribution in [0.25, 0.3) is 0 Å². The molecular formula is C45H67N7O12. The average molecular weight is 898 g/mol. The van der Waals surface area contributed by atoms with Crippen LogP contribution in [0, 0.1) is 0 Å². The summed E-state index contributed by atoms with van der Waals surface area (Å²) in [6.45, 7) is 8.16. The number of Topliss-reactive ketones (excluding diaryl/α,β-unsaturated/α-hetero) is 3. The molecule has 0 radical (unpaired) electrons. The van der Waals surface area contributed by atoms with Crippen LogP contribution in [0.5, 0.6) is 0 Å². The number of benzene rings is 2. The minimum atomic E-state index is -0.859. The first-order valence-electron chi connectivity index (χ1n) is 21.4. The van der Waals surface area contributed by atoms with Gasteiger partial charge in [0.15, 0.2) is 11.6 Å². The minimum Gasteiger partial charge on any atom is -0.445 e. The molecule has 19 nitrogen and oxygen atoms in total. The van der Waals surface area contributed by atoms with E-state index in [4.69, 9.17) is 26.7 Å². The SMILES string of the molecule is CC.CC(=O)CN1C(=O)CCC1=O.CCCC(=O)NCCCC(=O)[C@H](CCC(N)=O)NC(=O)OCc1ccccc1.NCCCC(=O)[C@H](CCC(N)=O)NC(=O)OCc1ccccc1. The molecule has 1 saturated heterocycles. The molecule has 1 heterocycles. The lowest BCUT2D eigenvalue weighted by Crippen LogP contribution is -2.42. The van der Waals surface area contributed by atoms with Crippen LogP contribution in [0.3, 0.4) is 0 Å².